The van der Waals surface area contributed by atoms with E-state index in [4.69, 9.17) is 0 Å². The van der Waals surface area contributed by atoms with E-state index in [-0.39, 0.29) is 6.03 Å². The number of hydrogen-bond donors (Lipinski definition) is 1. The molecule has 6 heteroatoms. The van der Waals surface area contributed by atoms with Crippen molar-refractivity contribution in [1.82, 2.24) is 19.9 Å². The van der Waals surface area contributed by atoms with Crippen LogP contribution in [0.4, 0.5) is 4.79 Å². The summed E-state index contributed by atoms with van der Waals surface area (Å²) in [6.45, 7) is 0.732. The Hall–Kier alpha value is -1.69. The van der Waals surface area contributed by atoms with Crippen LogP contribution in [0.2, 0.25) is 0 Å². The molecule has 0 atom stereocenters. The number of imidazole rings is 1. The molecule has 106 valence electrons. The molecule has 0 bridgehead atoms. The molecule has 0 aromatic carbocycles. The summed E-state index contributed by atoms with van der Waals surface area (Å²) < 4.78 is 1.48. The lowest BCUT2D eigenvalue weighted by Crippen LogP contribution is -2.28. The number of aromatic nitrogens is 3. The molecule has 2 aromatic heterocycles. The number of nitrogens with zero attached hydrogens (tertiary/aromatic N) is 3. The van der Waals surface area contributed by atoms with Crippen molar-refractivity contribution in [3.63, 3.8) is 0 Å². The highest BCUT2D eigenvalue weighted by Gasteiger charge is 2.19. The van der Waals surface area contributed by atoms with Crippen molar-refractivity contribution >= 4 is 17.4 Å². The zero-order chi connectivity index (χ0) is 13.8. The minimum absolute atomic E-state index is 0.119. The Bertz CT molecular complexity index is 560. The molecule has 2 heterocycles. The monoisotopic (exact) mass is 290 g/mol. The lowest BCUT2D eigenvalue weighted by atomic mass is 10.2. The molecule has 0 aliphatic heterocycles. The average molecular weight is 290 g/mol. The molecular formula is C14H18N4OS. The Kier molecular flexibility index (Phi) is 4.11. The summed E-state index contributed by atoms with van der Waals surface area (Å²) in [5.74, 6) is 0.972. The van der Waals surface area contributed by atoms with E-state index in [1.54, 1.807) is 12.4 Å². The zero-order valence-electron chi connectivity index (χ0n) is 11.3. The molecule has 0 spiro atoms. The third kappa shape index (κ3) is 3.45. The molecule has 5 nitrogen and oxygen atoms in total. The van der Waals surface area contributed by atoms with Crippen molar-refractivity contribution in [3.05, 3.63) is 24.1 Å². The number of amides is 1. The highest BCUT2D eigenvalue weighted by Crippen LogP contribution is 2.33. The fourth-order valence-electron chi connectivity index (χ4n) is 2.15. The van der Waals surface area contributed by atoms with E-state index >= 15 is 0 Å². The third-order valence-corrected chi connectivity index (χ3v) is 4.28. The van der Waals surface area contributed by atoms with E-state index in [1.807, 2.05) is 5.38 Å². The molecule has 0 saturated heterocycles. The van der Waals surface area contributed by atoms with E-state index in [9.17, 15) is 4.79 Å². The van der Waals surface area contributed by atoms with Gasteiger partial charge in [-0.1, -0.05) is 25.7 Å². The highest BCUT2D eigenvalue weighted by molar-refractivity contribution is 7.13. The standard InChI is InChI=1S/C14H18N4OS/c19-14(16-6-2-1-3-11-4-5-11)18-9-12(17-10-18)13-15-7-8-20-13/h7-11H,1-6H2,(H,16,19). The molecule has 20 heavy (non-hydrogen) atoms. The summed E-state index contributed by atoms with van der Waals surface area (Å²) in [6, 6.07) is -0.119. The van der Waals surface area contributed by atoms with Gasteiger partial charge in [-0.25, -0.2) is 14.8 Å². The first-order chi connectivity index (χ1) is 9.83. The first kappa shape index (κ1) is 13.3. The van der Waals surface area contributed by atoms with Crippen molar-refractivity contribution in [2.75, 3.05) is 6.54 Å². The quantitative estimate of drug-likeness (QED) is 0.831. The molecule has 3 rings (SSSR count). The number of carbonyl (C=O) groups is 1. The first-order valence-electron chi connectivity index (χ1n) is 7.05. The van der Waals surface area contributed by atoms with E-state index in [1.165, 1.54) is 47.9 Å². The summed E-state index contributed by atoms with van der Waals surface area (Å²) in [6.07, 6.45) is 11.4. The fourth-order valence-corrected chi connectivity index (χ4v) is 2.74. The van der Waals surface area contributed by atoms with Crippen LogP contribution in [-0.4, -0.2) is 27.1 Å². The maximum absolute atomic E-state index is 11.9. The summed E-state index contributed by atoms with van der Waals surface area (Å²) in [7, 11) is 0. The minimum Gasteiger partial charge on any atom is -0.337 e. The van der Waals surface area contributed by atoms with Gasteiger partial charge in [0.15, 0.2) is 0 Å². The van der Waals surface area contributed by atoms with Crippen LogP contribution in [0.5, 0.6) is 0 Å². The average Bonchev–Trinajstić information content (AvgIpc) is 2.97. The van der Waals surface area contributed by atoms with Gasteiger partial charge in [-0.15, -0.1) is 11.3 Å². The second-order valence-corrected chi connectivity index (χ2v) is 6.07. The number of rotatable bonds is 6. The largest absolute Gasteiger partial charge is 0.337 e. The van der Waals surface area contributed by atoms with Gasteiger partial charge in [0.2, 0.25) is 0 Å². The topological polar surface area (TPSA) is 59.8 Å². The van der Waals surface area contributed by atoms with Crippen LogP contribution in [0, 0.1) is 5.92 Å². The van der Waals surface area contributed by atoms with Gasteiger partial charge in [-0.3, -0.25) is 4.57 Å². The van der Waals surface area contributed by atoms with E-state index in [2.05, 4.69) is 15.3 Å². The van der Waals surface area contributed by atoms with Gasteiger partial charge in [0.1, 0.15) is 17.0 Å². The summed E-state index contributed by atoms with van der Waals surface area (Å²) in [5, 5.41) is 5.65. The second kappa shape index (κ2) is 6.17. The molecule has 1 saturated carbocycles. The van der Waals surface area contributed by atoms with Crippen LogP contribution in [0.3, 0.4) is 0 Å². The molecule has 1 aliphatic rings. The van der Waals surface area contributed by atoms with E-state index in [0.717, 1.165) is 29.6 Å². The van der Waals surface area contributed by atoms with Crippen molar-refractivity contribution < 1.29 is 4.79 Å². The van der Waals surface area contributed by atoms with Gasteiger partial charge >= 0.3 is 6.03 Å². The predicted molar refractivity (Wildman–Crippen MR) is 78.7 cm³/mol. The Morgan fingerprint density at radius 3 is 3.05 bits per heavy atom. The number of carbonyl (C=O) groups excluding carboxylic acids is 1. The van der Waals surface area contributed by atoms with Crippen LogP contribution in [-0.2, 0) is 0 Å². The van der Waals surface area contributed by atoms with Crippen molar-refractivity contribution in [1.29, 1.82) is 0 Å². The number of nitrogens with one attached hydrogen (secondary N) is 1. The zero-order valence-corrected chi connectivity index (χ0v) is 12.1. The third-order valence-electron chi connectivity index (χ3n) is 3.48. The molecule has 1 N–H and O–H groups in total. The van der Waals surface area contributed by atoms with Gasteiger partial charge in [0, 0.05) is 24.3 Å². The summed E-state index contributed by atoms with van der Waals surface area (Å²) >= 11 is 1.52. The van der Waals surface area contributed by atoms with Gasteiger partial charge in [0.25, 0.3) is 0 Å². The van der Waals surface area contributed by atoms with Crippen LogP contribution in [0.25, 0.3) is 10.7 Å². The molecule has 1 aliphatic carbocycles. The smallest absolute Gasteiger partial charge is 0.326 e. The Morgan fingerprint density at radius 2 is 2.30 bits per heavy atom. The van der Waals surface area contributed by atoms with Gasteiger partial charge in [-0.05, 0) is 12.3 Å². The molecule has 0 radical (unpaired) electrons. The van der Waals surface area contributed by atoms with Gasteiger partial charge < -0.3 is 5.32 Å². The van der Waals surface area contributed by atoms with Crippen molar-refractivity contribution in [3.8, 4) is 10.7 Å². The lowest BCUT2D eigenvalue weighted by molar-refractivity contribution is 0.242. The van der Waals surface area contributed by atoms with Gasteiger partial charge in [-0.2, -0.15) is 0 Å². The molecule has 1 fully saturated rings. The van der Waals surface area contributed by atoms with Crippen molar-refractivity contribution in [2.24, 2.45) is 5.92 Å². The Labute approximate surface area is 122 Å². The summed E-state index contributed by atoms with van der Waals surface area (Å²) in [5.41, 5.74) is 0.740. The number of thiazole rings is 1. The van der Waals surface area contributed by atoms with E-state index in [0.29, 0.717) is 0 Å². The van der Waals surface area contributed by atoms with Crippen LogP contribution in [0.1, 0.15) is 32.1 Å². The Balaban J connectivity index is 1.44. The molecule has 2 aromatic rings. The minimum atomic E-state index is -0.119. The fraction of sp³-hybridized carbons (Fsp3) is 0.500. The SMILES string of the molecule is O=C(NCCCCC1CC1)n1cnc(-c2nccs2)c1. The molecule has 0 unspecified atom stereocenters. The van der Waals surface area contributed by atoms with Crippen molar-refractivity contribution in [2.45, 2.75) is 32.1 Å². The maximum Gasteiger partial charge on any atom is 0.326 e. The Morgan fingerprint density at radius 1 is 1.40 bits per heavy atom. The van der Waals surface area contributed by atoms with E-state index < -0.39 is 0 Å². The highest BCUT2D eigenvalue weighted by atomic mass is 32.1. The van der Waals surface area contributed by atoms with Gasteiger partial charge in [0.05, 0.1) is 0 Å². The van der Waals surface area contributed by atoms with Crippen LogP contribution >= 0.6 is 11.3 Å². The predicted octanol–water partition coefficient (Wildman–Crippen LogP) is 3.14. The summed E-state index contributed by atoms with van der Waals surface area (Å²) in [4.78, 5) is 20.3. The van der Waals surface area contributed by atoms with Crippen LogP contribution in [0.15, 0.2) is 24.1 Å². The lowest BCUT2D eigenvalue weighted by Gasteiger charge is -2.04. The van der Waals surface area contributed by atoms with Crippen LogP contribution < -0.4 is 5.32 Å². The second-order valence-electron chi connectivity index (χ2n) is 5.17. The normalized spacial score (nSPS) is 14.4. The maximum atomic E-state index is 11.9. The first-order valence-corrected chi connectivity index (χ1v) is 7.93. The molecular weight excluding hydrogens is 272 g/mol. The number of hydrogen-bond acceptors (Lipinski definition) is 4. The number of unbranched alkanes of at least 4 members (excludes halogenated alkanes) is 1. The molecule has 1 amide bonds.